The van der Waals surface area contributed by atoms with Gasteiger partial charge in [-0.3, -0.25) is 0 Å². The quantitative estimate of drug-likeness (QED) is 0.331. The van der Waals surface area contributed by atoms with E-state index in [-0.39, 0.29) is 0 Å². The average Bonchev–Trinajstić information content (AvgIpc) is 2.73. The number of ether oxygens (including phenoxy) is 1. The van der Waals surface area contributed by atoms with Crippen LogP contribution in [0.3, 0.4) is 0 Å². The SMILES string of the molecule is C=CCC1CCC(c2ccc(-c3ccc(COCCCC)cc3)cc2)CC1. The van der Waals surface area contributed by atoms with Gasteiger partial charge in [-0.15, -0.1) is 6.58 Å². The monoisotopic (exact) mass is 362 g/mol. The van der Waals surface area contributed by atoms with Crippen molar-refractivity contribution in [1.82, 2.24) is 0 Å². The summed E-state index contributed by atoms with van der Waals surface area (Å²) in [7, 11) is 0. The van der Waals surface area contributed by atoms with Gasteiger partial charge in [0.15, 0.2) is 0 Å². The summed E-state index contributed by atoms with van der Waals surface area (Å²) in [5.41, 5.74) is 5.35. The van der Waals surface area contributed by atoms with Crippen molar-refractivity contribution in [2.24, 2.45) is 5.92 Å². The normalized spacial score (nSPS) is 19.7. The predicted molar refractivity (Wildman–Crippen MR) is 116 cm³/mol. The fourth-order valence-corrected chi connectivity index (χ4v) is 4.14. The molecule has 0 saturated heterocycles. The Bertz CT molecular complexity index is 675. The zero-order valence-electron chi connectivity index (χ0n) is 16.8. The van der Waals surface area contributed by atoms with Crippen LogP contribution < -0.4 is 0 Å². The molecule has 0 heterocycles. The molecule has 0 amide bonds. The van der Waals surface area contributed by atoms with E-state index in [0.29, 0.717) is 6.61 Å². The number of allylic oxidation sites excluding steroid dienone is 1. The number of benzene rings is 2. The van der Waals surface area contributed by atoms with Crippen molar-refractivity contribution in [3.05, 3.63) is 72.3 Å². The van der Waals surface area contributed by atoms with Crippen molar-refractivity contribution in [1.29, 1.82) is 0 Å². The zero-order valence-corrected chi connectivity index (χ0v) is 16.8. The van der Waals surface area contributed by atoms with Gasteiger partial charge in [-0.2, -0.15) is 0 Å². The van der Waals surface area contributed by atoms with Crippen molar-refractivity contribution >= 4 is 0 Å². The van der Waals surface area contributed by atoms with Crippen molar-refractivity contribution < 1.29 is 4.74 Å². The topological polar surface area (TPSA) is 9.23 Å². The molecule has 1 aliphatic rings. The summed E-state index contributed by atoms with van der Waals surface area (Å²) in [4.78, 5) is 0. The highest BCUT2D eigenvalue weighted by atomic mass is 16.5. The van der Waals surface area contributed by atoms with Crippen LogP contribution in [0.2, 0.25) is 0 Å². The van der Waals surface area contributed by atoms with Gasteiger partial charge in [0.25, 0.3) is 0 Å². The second kappa shape index (κ2) is 10.5. The van der Waals surface area contributed by atoms with Crippen molar-refractivity contribution in [2.45, 2.75) is 64.4 Å². The second-order valence-electron chi connectivity index (χ2n) is 7.97. The lowest BCUT2D eigenvalue weighted by Crippen LogP contribution is -2.12. The molecule has 1 fully saturated rings. The van der Waals surface area contributed by atoms with Gasteiger partial charge in [0.1, 0.15) is 0 Å². The Kier molecular flexibility index (Phi) is 7.71. The fourth-order valence-electron chi connectivity index (χ4n) is 4.14. The Hall–Kier alpha value is -1.86. The summed E-state index contributed by atoms with van der Waals surface area (Å²) in [6, 6.07) is 18.1. The number of rotatable bonds is 9. The van der Waals surface area contributed by atoms with Gasteiger partial charge < -0.3 is 4.74 Å². The molecule has 27 heavy (non-hydrogen) atoms. The number of hydrogen-bond donors (Lipinski definition) is 0. The third-order valence-corrected chi connectivity index (χ3v) is 5.93. The molecule has 0 bridgehead atoms. The molecule has 1 saturated carbocycles. The van der Waals surface area contributed by atoms with Crippen LogP contribution in [0.25, 0.3) is 11.1 Å². The van der Waals surface area contributed by atoms with Gasteiger partial charge in [-0.1, -0.05) is 68.0 Å². The van der Waals surface area contributed by atoms with Crippen LogP contribution in [0.4, 0.5) is 0 Å². The molecule has 0 atom stereocenters. The Labute approximate surface area is 165 Å². The maximum absolute atomic E-state index is 5.71. The van der Waals surface area contributed by atoms with E-state index >= 15 is 0 Å². The average molecular weight is 363 g/mol. The number of hydrogen-bond acceptors (Lipinski definition) is 1. The van der Waals surface area contributed by atoms with Crippen molar-refractivity contribution in [3.8, 4) is 11.1 Å². The molecule has 1 heteroatoms. The molecule has 0 N–H and O–H groups in total. The van der Waals surface area contributed by atoms with Crippen LogP contribution in [-0.4, -0.2) is 6.61 Å². The molecule has 2 aromatic rings. The van der Waals surface area contributed by atoms with Gasteiger partial charge in [0, 0.05) is 6.61 Å². The van der Waals surface area contributed by atoms with E-state index in [0.717, 1.165) is 24.9 Å². The van der Waals surface area contributed by atoms with Gasteiger partial charge in [-0.25, -0.2) is 0 Å². The first kappa shape index (κ1) is 19.9. The minimum atomic E-state index is 0.716. The van der Waals surface area contributed by atoms with Crippen LogP contribution in [0, 0.1) is 5.92 Å². The van der Waals surface area contributed by atoms with Crippen LogP contribution in [0.1, 0.15) is 68.9 Å². The van der Waals surface area contributed by atoms with Crippen LogP contribution in [0.15, 0.2) is 61.2 Å². The molecule has 0 radical (unpaired) electrons. The third-order valence-electron chi connectivity index (χ3n) is 5.93. The lowest BCUT2D eigenvalue weighted by molar-refractivity contribution is 0.118. The van der Waals surface area contributed by atoms with Crippen LogP contribution in [-0.2, 0) is 11.3 Å². The molecule has 2 aromatic carbocycles. The summed E-state index contributed by atoms with van der Waals surface area (Å²) < 4.78 is 5.71. The van der Waals surface area contributed by atoms with Gasteiger partial charge in [0.2, 0.25) is 0 Å². The summed E-state index contributed by atoms with van der Waals surface area (Å²) in [5, 5.41) is 0. The first-order chi connectivity index (χ1) is 13.3. The predicted octanol–water partition coefficient (Wildman–Crippen LogP) is 7.52. The molecule has 3 rings (SSSR count). The van der Waals surface area contributed by atoms with Crippen molar-refractivity contribution in [3.63, 3.8) is 0 Å². The largest absolute Gasteiger partial charge is 0.377 e. The lowest BCUT2D eigenvalue weighted by atomic mass is 9.77. The Morgan fingerprint density at radius 3 is 2.15 bits per heavy atom. The summed E-state index contributed by atoms with van der Waals surface area (Å²) in [5.74, 6) is 1.60. The third kappa shape index (κ3) is 5.81. The van der Waals surface area contributed by atoms with E-state index in [9.17, 15) is 0 Å². The minimum Gasteiger partial charge on any atom is -0.377 e. The number of unbranched alkanes of at least 4 members (excludes halogenated alkanes) is 1. The molecule has 0 spiro atoms. The molecule has 0 aromatic heterocycles. The molecule has 1 aliphatic carbocycles. The Morgan fingerprint density at radius 1 is 0.926 bits per heavy atom. The van der Waals surface area contributed by atoms with Gasteiger partial charge >= 0.3 is 0 Å². The standard InChI is InChI=1S/C26H34O/c1-3-5-19-27-20-22-9-13-24(14-10-22)26-17-15-25(16-18-26)23-11-7-21(6-4-2)8-12-23/h4,9-10,13-18,21,23H,2-3,5-8,11-12,19-20H2,1H3. The van der Waals surface area contributed by atoms with E-state index in [4.69, 9.17) is 4.74 Å². The molecule has 0 aliphatic heterocycles. The van der Waals surface area contributed by atoms with E-state index in [1.54, 1.807) is 0 Å². The van der Waals surface area contributed by atoms with E-state index in [2.05, 4.69) is 68.1 Å². The minimum absolute atomic E-state index is 0.716. The van der Waals surface area contributed by atoms with Crippen LogP contribution in [0.5, 0.6) is 0 Å². The molecule has 144 valence electrons. The summed E-state index contributed by atoms with van der Waals surface area (Å²) in [6.07, 6.45) is 10.9. The molecular formula is C26H34O. The fraction of sp³-hybridized carbons (Fsp3) is 0.462. The smallest absolute Gasteiger partial charge is 0.0716 e. The van der Waals surface area contributed by atoms with Gasteiger partial charge in [0.05, 0.1) is 6.61 Å². The summed E-state index contributed by atoms with van der Waals surface area (Å²) in [6.45, 7) is 7.66. The molecule has 0 unspecified atom stereocenters. The van der Waals surface area contributed by atoms with Crippen LogP contribution >= 0.6 is 0 Å². The zero-order chi connectivity index (χ0) is 18.9. The van der Waals surface area contributed by atoms with E-state index in [1.165, 1.54) is 60.8 Å². The maximum atomic E-state index is 5.71. The molecule has 1 nitrogen and oxygen atoms in total. The maximum Gasteiger partial charge on any atom is 0.0716 e. The first-order valence-electron chi connectivity index (χ1n) is 10.7. The highest BCUT2D eigenvalue weighted by Gasteiger charge is 2.21. The first-order valence-corrected chi connectivity index (χ1v) is 10.7. The van der Waals surface area contributed by atoms with E-state index < -0.39 is 0 Å². The highest BCUT2D eigenvalue weighted by molar-refractivity contribution is 5.64. The lowest BCUT2D eigenvalue weighted by Gasteiger charge is -2.28. The molecular weight excluding hydrogens is 328 g/mol. The highest BCUT2D eigenvalue weighted by Crippen LogP contribution is 2.37. The Balaban J connectivity index is 1.55. The summed E-state index contributed by atoms with van der Waals surface area (Å²) >= 11 is 0. The van der Waals surface area contributed by atoms with Crippen molar-refractivity contribution in [2.75, 3.05) is 6.61 Å². The van der Waals surface area contributed by atoms with E-state index in [1.807, 2.05) is 0 Å². The second-order valence-corrected chi connectivity index (χ2v) is 7.97. The Morgan fingerprint density at radius 2 is 1.56 bits per heavy atom. The van der Waals surface area contributed by atoms with Gasteiger partial charge in [-0.05, 0) is 72.6 Å².